The molecule has 3 atom stereocenters. The van der Waals surface area contributed by atoms with E-state index in [-0.39, 0.29) is 19.3 Å². The van der Waals surface area contributed by atoms with Crippen LogP contribution in [0.25, 0.3) is 0 Å². The molecule has 1 saturated heterocycles. The van der Waals surface area contributed by atoms with E-state index in [0.29, 0.717) is 0 Å². The number of carbonyl (C=O) groups excluding carboxylic acids is 2. The summed E-state index contributed by atoms with van der Waals surface area (Å²) in [5.41, 5.74) is -3.19. The number of hydrogen-bond acceptors (Lipinski definition) is 6. The second-order valence-electron chi connectivity index (χ2n) is 5.74. The lowest BCUT2D eigenvalue weighted by molar-refractivity contribution is -0.171. The summed E-state index contributed by atoms with van der Waals surface area (Å²) in [6.45, 7) is 4.96. The minimum atomic E-state index is -1.23. The number of carbonyl (C=O) groups is 2. The van der Waals surface area contributed by atoms with Gasteiger partial charge in [-0.25, -0.2) is 0 Å². The molecule has 0 aromatic carbocycles. The van der Waals surface area contributed by atoms with Gasteiger partial charge in [0.25, 0.3) is 0 Å². The highest BCUT2D eigenvalue weighted by Crippen LogP contribution is 2.48. The van der Waals surface area contributed by atoms with Crippen LogP contribution in [0.1, 0.15) is 40.0 Å². The summed E-state index contributed by atoms with van der Waals surface area (Å²) in [7, 11) is 2.58. The maximum Gasteiger partial charge on any atom is 0.308 e. The molecule has 0 bridgehead atoms. The molecule has 0 unspecified atom stereocenters. The highest BCUT2D eigenvalue weighted by atomic mass is 16.6. The van der Waals surface area contributed by atoms with Crippen molar-refractivity contribution in [3.05, 3.63) is 0 Å². The summed E-state index contributed by atoms with van der Waals surface area (Å²) in [6, 6.07) is 0. The topological polar surface area (TPSA) is 82.1 Å². The molecular weight excluding hydrogens is 252 g/mol. The first kappa shape index (κ1) is 15.9. The minimum absolute atomic E-state index is 0.0242. The Bertz CT molecular complexity index is 377. The molecule has 0 aliphatic carbocycles. The molecule has 1 aliphatic heterocycles. The third-order valence-electron chi connectivity index (χ3n) is 3.78. The van der Waals surface area contributed by atoms with E-state index in [2.05, 4.69) is 9.47 Å². The third-order valence-corrected chi connectivity index (χ3v) is 3.78. The average molecular weight is 274 g/mol. The quantitative estimate of drug-likeness (QED) is 0.764. The summed E-state index contributed by atoms with van der Waals surface area (Å²) in [5, 5.41) is 10.5. The molecule has 0 spiro atoms. The van der Waals surface area contributed by atoms with Crippen molar-refractivity contribution < 1.29 is 28.9 Å². The molecule has 0 aromatic heterocycles. The predicted octanol–water partition coefficient (Wildman–Crippen LogP) is 0.801. The molecule has 0 aromatic rings. The van der Waals surface area contributed by atoms with Crippen molar-refractivity contribution in [3.8, 4) is 0 Å². The molecule has 1 fully saturated rings. The summed E-state index contributed by atoms with van der Waals surface area (Å²) >= 11 is 0. The third kappa shape index (κ3) is 3.25. The van der Waals surface area contributed by atoms with Crippen LogP contribution in [0.4, 0.5) is 0 Å². The molecule has 0 radical (unpaired) electrons. The maximum absolute atomic E-state index is 11.4. The highest BCUT2D eigenvalue weighted by molar-refractivity contribution is 5.72. The Balaban J connectivity index is 2.91. The minimum Gasteiger partial charge on any atom is -0.469 e. The van der Waals surface area contributed by atoms with Crippen LogP contribution < -0.4 is 0 Å². The number of rotatable bonds is 4. The van der Waals surface area contributed by atoms with Crippen LogP contribution in [0.3, 0.4) is 0 Å². The van der Waals surface area contributed by atoms with Crippen molar-refractivity contribution in [2.24, 2.45) is 0 Å². The average Bonchev–Trinajstić information content (AvgIpc) is 2.43. The van der Waals surface area contributed by atoms with Gasteiger partial charge in [0, 0.05) is 6.42 Å². The summed E-state index contributed by atoms with van der Waals surface area (Å²) < 4.78 is 15.1. The smallest absolute Gasteiger partial charge is 0.308 e. The first-order valence-electron chi connectivity index (χ1n) is 6.14. The molecular formula is C13H22O6. The molecule has 19 heavy (non-hydrogen) atoms. The fourth-order valence-corrected chi connectivity index (χ4v) is 2.66. The van der Waals surface area contributed by atoms with E-state index in [0.717, 1.165) is 0 Å². The van der Waals surface area contributed by atoms with Gasteiger partial charge in [-0.1, -0.05) is 0 Å². The van der Waals surface area contributed by atoms with Gasteiger partial charge >= 0.3 is 11.9 Å². The molecule has 1 N–H and O–H groups in total. The number of aliphatic hydroxyl groups is 1. The van der Waals surface area contributed by atoms with Crippen molar-refractivity contribution in [1.29, 1.82) is 0 Å². The maximum atomic E-state index is 11.4. The summed E-state index contributed by atoms with van der Waals surface area (Å²) in [6.07, 6.45) is 0.187. The van der Waals surface area contributed by atoms with E-state index < -0.39 is 28.7 Å². The van der Waals surface area contributed by atoms with E-state index >= 15 is 0 Å². The number of ether oxygens (including phenoxy) is 3. The van der Waals surface area contributed by atoms with Crippen LogP contribution >= 0.6 is 0 Å². The Labute approximate surface area is 113 Å². The predicted molar refractivity (Wildman–Crippen MR) is 66.4 cm³/mol. The Morgan fingerprint density at radius 2 is 1.58 bits per heavy atom. The zero-order valence-electron chi connectivity index (χ0n) is 12.1. The van der Waals surface area contributed by atoms with Crippen LogP contribution in [0.15, 0.2) is 0 Å². The van der Waals surface area contributed by atoms with Crippen LogP contribution in [-0.2, 0) is 23.8 Å². The van der Waals surface area contributed by atoms with Gasteiger partial charge in [-0.3, -0.25) is 9.59 Å². The Kier molecular flexibility index (Phi) is 4.27. The molecule has 1 aliphatic rings. The fourth-order valence-electron chi connectivity index (χ4n) is 2.66. The Morgan fingerprint density at radius 3 is 2.05 bits per heavy atom. The van der Waals surface area contributed by atoms with Crippen LogP contribution in [0, 0.1) is 0 Å². The van der Waals surface area contributed by atoms with E-state index in [4.69, 9.17) is 4.74 Å². The monoisotopic (exact) mass is 274 g/mol. The first-order valence-corrected chi connectivity index (χ1v) is 6.14. The second-order valence-corrected chi connectivity index (χ2v) is 5.74. The van der Waals surface area contributed by atoms with Gasteiger partial charge in [-0.05, 0) is 20.8 Å². The Hall–Kier alpha value is -1.14. The lowest BCUT2D eigenvalue weighted by atomic mass is 9.80. The standard InChI is InChI=1S/C13H22O6/c1-11(6-9(14)17-4)8-12(2,16)13(3,19-11)7-10(15)18-5/h16H,6-8H2,1-5H3/t11-,12-,13+/m0/s1. The number of hydrogen-bond donors (Lipinski definition) is 1. The second kappa shape index (κ2) is 5.09. The van der Waals surface area contributed by atoms with E-state index in [1.54, 1.807) is 20.8 Å². The zero-order chi connectivity index (χ0) is 14.9. The van der Waals surface area contributed by atoms with E-state index in [1.165, 1.54) is 14.2 Å². The van der Waals surface area contributed by atoms with Gasteiger partial charge in [0.2, 0.25) is 0 Å². The van der Waals surface area contributed by atoms with Crippen molar-refractivity contribution in [2.75, 3.05) is 14.2 Å². The molecule has 6 heteroatoms. The van der Waals surface area contributed by atoms with Gasteiger partial charge in [0.1, 0.15) is 5.60 Å². The van der Waals surface area contributed by atoms with Crippen LogP contribution in [-0.4, -0.2) is 48.1 Å². The highest BCUT2D eigenvalue weighted by Gasteiger charge is 2.59. The zero-order valence-corrected chi connectivity index (χ0v) is 12.1. The van der Waals surface area contributed by atoms with Gasteiger partial charge in [0.15, 0.2) is 0 Å². The van der Waals surface area contributed by atoms with Crippen LogP contribution in [0.5, 0.6) is 0 Å². The van der Waals surface area contributed by atoms with Crippen molar-refractivity contribution in [3.63, 3.8) is 0 Å². The lowest BCUT2D eigenvalue weighted by Crippen LogP contribution is -2.47. The SMILES string of the molecule is COC(=O)C[C@@]1(C)C[C@](C)(O)[C@@](C)(CC(=O)OC)O1. The molecule has 0 saturated carbocycles. The number of methoxy groups -OCH3 is 2. The van der Waals surface area contributed by atoms with Gasteiger partial charge in [-0.2, -0.15) is 0 Å². The van der Waals surface area contributed by atoms with E-state index in [1.807, 2.05) is 0 Å². The van der Waals surface area contributed by atoms with E-state index in [9.17, 15) is 14.7 Å². The largest absolute Gasteiger partial charge is 0.469 e. The van der Waals surface area contributed by atoms with Gasteiger partial charge < -0.3 is 19.3 Å². The summed E-state index contributed by atoms with van der Waals surface area (Å²) in [4.78, 5) is 22.8. The lowest BCUT2D eigenvalue weighted by Gasteiger charge is -2.34. The molecule has 1 heterocycles. The number of esters is 2. The van der Waals surface area contributed by atoms with Crippen molar-refractivity contribution >= 4 is 11.9 Å². The van der Waals surface area contributed by atoms with Gasteiger partial charge in [-0.15, -0.1) is 0 Å². The van der Waals surface area contributed by atoms with Crippen molar-refractivity contribution in [2.45, 2.75) is 56.8 Å². The summed E-state index contributed by atoms with van der Waals surface area (Å²) in [5.74, 6) is -0.884. The molecule has 6 nitrogen and oxygen atoms in total. The fraction of sp³-hybridized carbons (Fsp3) is 0.846. The van der Waals surface area contributed by atoms with Gasteiger partial charge in [0.05, 0.1) is 38.3 Å². The molecule has 0 amide bonds. The normalized spacial score (nSPS) is 38.0. The Morgan fingerprint density at radius 1 is 1.11 bits per heavy atom. The molecule has 1 rings (SSSR count). The van der Waals surface area contributed by atoms with Crippen molar-refractivity contribution in [1.82, 2.24) is 0 Å². The van der Waals surface area contributed by atoms with Crippen LogP contribution in [0.2, 0.25) is 0 Å². The first-order chi connectivity index (χ1) is 8.57. The molecule has 110 valence electrons.